The molecule has 3 aliphatic rings. The number of rotatable bonds is 7. The van der Waals surface area contributed by atoms with Crippen molar-refractivity contribution in [3.05, 3.63) is 60.8 Å². The second-order valence-electron chi connectivity index (χ2n) is 17.1. The lowest BCUT2D eigenvalue weighted by molar-refractivity contribution is -0.288. The number of carbonyl (C=O) groups is 2. The minimum atomic E-state index is -1.58. The predicted molar refractivity (Wildman–Crippen MR) is 232 cm³/mol. The highest BCUT2D eigenvalue weighted by atomic mass is 16.7. The number of carboxylic acids is 1. The van der Waals surface area contributed by atoms with E-state index in [1.807, 2.05) is 30.4 Å². The third-order valence-corrected chi connectivity index (χ3v) is 12.1. The summed E-state index contributed by atoms with van der Waals surface area (Å²) in [5.74, 6) is -2.98. The first-order chi connectivity index (χ1) is 29.5. The number of nitrogens with two attached hydrogens (primary N) is 2. The van der Waals surface area contributed by atoms with Gasteiger partial charge >= 0.3 is 11.9 Å². The first-order valence-electron chi connectivity index (χ1n) is 22.5. The van der Waals surface area contributed by atoms with E-state index in [1.165, 1.54) is 6.08 Å². The molecule has 354 valence electrons. The molecular weight excluding hydrogens is 805 g/mol. The Morgan fingerprint density at radius 3 is 1.84 bits per heavy atom. The molecular formula is C46H76N2O14. The number of carbonyl (C=O) groups excluding carboxylic acids is 1. The van der Waals surface area contributed by atoms with E-state index in [9.17, 15) is 45.3 Å². The molecule has 11 N–H and O–H groups in total. The fourth-order valence-corrected chi connectivity index (χ4v) is 7.85. The van der Waals surface area contributed by atoms with Crippen LogP contribution in [0.3, 0.4) is 0 Å². The van der Waals surface area contributed by atoms with Crippen molar-refractivity contribution in [1.82, 2.24) is 0 Å². The molecule has 16 nitrogen and oxygen atoms in total. The molecule has 0 spiro atoms. The number of hydrogen-bond donors (Lipinski definition) is 9. The monoisotopic (exact) mass is 881 g/mol. The third kappa shape index (κ3) is 17.6. The average Bonchev–Trinajstić information content (AvgIpc) is 3.23. The molecule has 0 aliphatic carbocycles. The highest BCUT2D eigenvalue weighted by Crippen LogP contribution is 2.30. The SMILES string of the molecule is CCC(C)C1CC=CC=CC=CC=CC=CC(O)CC(O)C(C(=O)O)C(OC2OC(C)C(O)C(N)C2O)CCCCC(OC2OC(C)C(O)C(N)C2O)CCCCCCC(=O)O1. The summed E-state index contributed by atoms with van der Waals surface area (Å²) in [6.45, 7) is 7.34. The highest BCUT2D eigenvalue weighted by Gasteiger charge is 2.45. The molecule has 0 aromatic rings. The number of aliphatic hydroxyl groups excluding tert-OH is 6. The zero-order valence-corrected chi connectivity index (χ0v) is 36.9. The Balaban J connectivity index is 1.84. The summed E-state index contributed by atoms with van der Waals surface area (Å²) < 4.78 is 29.9. The van der Waals surface area contributed by atoms with Gasteiger partial charge in [-0.15, -0.1) is 0 Å². The van der Waals surface area contributed by atoms with Gasteiger partial charge in [0.1, 0.15) is 24.2 Å². The van der Waals surface area contributed by atoms with Gasteiger partial charge in [0, 0.05) is 19.3 Å². The van der Waals surface area contributed by atoms with Crippen molar-refractivity contribution < 1.29 is 69.0 Å². The first kappa shape index (κ1) is 53.5. The quantitative estimate of drug-likeness (QED) is 0.166. The van der Waals surface area contributed by atoms with E-state index in [2.05, 4.69) is 13.8 Å². The number of cyclic esters (lactones) is 1. The van der Waals surface area contributed by atoms with Crippen LogP contribution in [-0.2, 0) is 33.3 Å². The van der Waals surface area contributed by atoms with Gasteiger partial charge in [0.25, 0.3) is 0 Å². The average molecular weight is 881 g/mol. The number of hydrogen-bond acceptors (Lipinski definition) is 15. The van der Waals surface area contributed by atoms with Crippen LogP contribution in [-0.4, -0.2) is 139 Å². The molecule has 3 rings (SSSR count). The summed E-state index contributed by atoms with van der Waals surface area (Å²) in [4.78, 5) is 25.7. The van der Waals surface area contributed by atoms with Crippen LogP contribution in [0.25, 0.3) is 0 Å². The molecule has 17 atom stereocenters. The smallest absolute Gasteiger partial charge is 0.311 e. The van der Waals surface area contributed by atoms with Crippen molar-refractivity contribution in [3.8, 4) is 0 Å². The molecule has 3 aliphatic heterocycles. The Kier molecular flexibility index (Phi) is 24.3. The molecule has 16 heteroatoms. The summed E-state index contributed by atoms with van der Waals surface area (Å²) >= 11 is 0. The lowest BCUT2D eigenvalue weighted by atomic mass is 9.88. The molecule has 0 saturated carbocycles. The van der Waals surface area contributed by atoms with Crippen molar-refractivity contribution in [2.75, 3.05) is 0 Å². The summed E-state index contributed by atoms with van der Waals surface area (Å²) in [6, 6.07) is -2.13. The van der Waals surface area contributed by atoms with E-state index >= 15 is 0 Å². The second kappa shape index (κ2) is 28.2. The third-order valence-electron chi connectivity index (χ3n) is 12.1. The molecule has 2 fully saturated rings. The number of esters is 1. The highest BCUT2D eigenvalue weighted by molar-refractivity contribution is 5.71. The van der Waals surface area contributed by atoms with E-state index in [-0.39, 0.29) is 30.8 Å². The molecule has 17 unspecified atom stereocenters. The number of carboxylic acid groups (broad SMARTS) is 1. The minimum Gasteiger partial charge on any atom is -0.481 e. The van der Waals surface area contributed by atoms with Crippen molar-refractivity contribution in [2.45, 2.75) is 203 Å². The van der Waals surface area contributed by atoms with Gasteiger partial charge in [-0.3, -0.25) is 9.59 Å². The summed E-state index contributed by atoms with van der Waals surface area (Å²) in [5, 5.41) is 75.0. The summed E-state index contributed by atoms with van der Waals surface area (Å²) in [7, 11) is 0. The lowest BCUT2D eigenvalue weighted by Gasteiger charge is -2.42. The van der Waals surface area contributed by atoms with E-state index in [0.717, 1.165) is 25.7 Å². The molecule has 0 radical (unpaired) electrons. The fraction of sp³-hybridized carbons (Fsp3) is 0.739. The maximum absolute atomic E-state index is 12.9. The van der Waals surface area contributed by atoms with Crippen LogP contribution in [0.4, 0.5) is 0 Å². The topological polar surface area (TPSA) is 274 Å². The van der Waals surface area contributed by atoms with Gasteiger partial charge < -0.3 is 70.9 Å². The second-order valence-corrected chi connectivity index (χ2v) is 17.1. The first-order valence-corrected chi connectivity index (χ1v) is 22.5. The number of allylic oxidation sites excluding steroid dienone is 8. The Hall–Kier alpha value is -2.84. The molecule has 3 heterocycles. The summed E-state index contributed by atoms with van der Waals surface area (Å²) in [6.07, 6.45) is 10.1. The lowest BCUT2D eigenvalue weighted by Crippen LogP contribution is -2.62. The molecule has 0 bridgehead atoms. The van der Waals surface area contributed by atoms with Crippen LogP contribution in [0.1, 0.15) is 111 Å². The van der Waals surface area contributed by atoms with Crippen LogP contribution >= 0.6 is 0 Å². The standard InChI is InChI=1S/C46H76N2O14/c1-5-28(2)34-24-17-12-10-8-6-7-9-11-15-21-31(49)27-33(50)37(44(56)57)35(62-46-43(55)39(48)41(53)30(4)59-46)25-20-19-23-32(22-16-13-14-18-26-36(51)61-34)60-45-42(54)38(47)40(52)29(3)58-45/h6-12,15,17,21,28-35,37-43,45-46,49-50,52-55H,5,13-14,16,18-20,22-27,47-48H2,1-4H3,(H,56,57). The van der Waals surface area contributed by atoms with Gasteiger partial charge in [-0.2, -0.15) is 0 Å². The van der Waals surface area contributed by atoms with Gasteiger partial charge in [0.05, 0.1) is 60.9 Å². The van der Waals surface area contributed by atoms with Crippen molar-refractivity contribution >= 4 is 11.9 Å². The largest absolute Gasteiger partial charge is 0.481 e. The van der Waals surface area contributed by atoms with Crippen LogP contribution in [0.2, 0.25) is 0 Å². The van der Waals surface area contributed by atoms with Crippen LogP contribution < -0.4 is 11.5 Å². The van der Waals surface area contributed by atoms with Gasteiger partial charge in [0.2, 0.25) is 0 Å². The van der Waals surface area contributed by atoms with Gasteiger partial charge in [-0.1, -0.05) is 113 Å². The van der Waals surface area contributed by atoms with Crippen molar-refractivity contribution in [1.29, 1.82) is 0 Å². The molecule has 0 aromatic heterocycles. The van der Waals surface area contributed by atoms with Gasteiger partial charge in [-0.05, 0) is 45.4 Å². The van der Waals surface area contributed by atoms with E-state index in [1.54, 1.807) is 38.2 Å². The van der Waals surface area contributed by atoms with Crippen LogP contribution in [0.5, 0.6) is 0 Å². The van der Waals surface area contributed by atoms with Crippen molar-refractivity contribution in [2.24, 2.45) is 23.3 Å². The minimum absolute atomic E-state index is 0.0788. The Labute approximate surface area is 367 Å². The van der Waals surface area contributed by atoms with Gasteiger partial charge in [-0.25, -0.2) is 0 Å². The van der Waals surface area contributed by atoms with E-state index in [4.69, 9.17) is 35.2 Å². The molecule has 0 amide bonds. The normalized spacial score (nSPS) is 39.1. The Bertz CT molecular complexity index is 1460. The predicted octanol–water partition coefficient (Wildman–Crippen LogP) is 3.20. The number of aliphatic hydroxyl groups is 6. The van der Waals surface area contributed by atoms with Crippen LogP contribution in [0, 0.1) is 11.8 Å². The zero-order valence-electron chi connectivity index (χ0n) is 36.9. The molecule has 62 heavy (non-hydrogen) atoms. The maximum Gasteiger partial charge on any atom is 0.311 e. The zero-order chi connectivity index (χ0) is 45.8. The van der Waals surface area contributed by atoms with Gasteiger partial charge in [0.15, 0.2) is 12.6 Å². The fourth-order valence-electron chi connectivity index (χ4n) is 7.85. The van der Waals surface area contributed by atoms with E-state index < -0.39 is 97.6 Å². The van der Waals surface area contributed by atoms with Crippen molar-refractivity contribution in [3.63, 3.8) is 0 Å². The van der Waals surface area contributed by atoms with Crippen LogP contribution in [0.15, 0.2) is 60.8 Å². The summed E-state index contributed by atoms with van der Waals surface area (Å²) in [5.41, 5.74) is 12.1. The maximum atomic E-state index is 12.9. The number of ether oxygens (including phenoxy) is 5. The Morgan fingerprint density at radius 2 is 1.26 bits per heavy atom. The molecule has 0 aromatic carbocycles. The molecule has 2 saturated heterocycles. The Morgan fingerprint density at radius 1 is 0.742 bits per heavy atom. The van der Waals surface area contributed by atoms with E-state index in [0.29, 0.717) is 44.9 Å². The number of aliphatic carboxylic acids is 1.